The summed E-state index contributed by atoms with van der Waals surface area (Å²) in [4.78, 5) is 9.13. The quantitative estimate of drug-likeness (QED) is 0.400. The van der Waals surface area contributed by atoms with Crippen molar-refractivity contribution in [2.45, 2.75) is 45.1 Å². The van der Waals surface area contributed by atoms with Gasteiger partial charge in [0.15, 0.2) is 0 Å². The predicted molar refractivity (Wildman–Crippen MR) is 130 cm³/mol. The van der Waals surface area contributed by atoms with Crippen molar-refractivity contribution >= 4 is 15.7 Å². The van der Waals surface area contributed by atoms with Crippen LogP contribution in [0.1, 0.15) is 42.4 Å². The molecule has 0 spiro atoms. The molecule has 4 rings (SSSR count). The topological polar surface area (TPSA) is 89.8 Å². The van der Waals surface area contributed by atoms with Crippen molar-refractivity contribution in [3.8, 4) is 11.3 Å². The van der Waals surface area contributed by atoms with E-state index in [4.69, 9.17) is 0 Å². The molecule has 1 N–H and O–H groups in total. The molecular weight excluding hydrogens is 453 g/mol. The fourth-order valence-corrected chi connectivity index (χ4v) is 4.52. The van der Waals surface area contributed by atoms with Gasteiger partial charge in [0, 0.05) is 30.4 Å². The standard InChI is InChI=1S/C25H26FN5O2S/c1-16(2)31-15-20(14-28-31)25-18(4)13-27-24(29-25)12-19-7-10-23(22(26)11-19)30-34(32,33)21-8-5-17(3)6-9-21/h5-11,13-16,30H,12H2,1-4H3. The number of halogens is 1. The van der Waals surface area contributed by atoms with E-state index in [1.54, 1.807) is 30.6 Å². The van der Waals surface area contributed by atoms with Crippen LogP contribution in [0.4, 0.5) is 10.1 Å². The zero-order valence-corrected chi connectivity index (χ0v) is 20.3. The third-order valence-corrected chi connectivity index (χ3v) is 6.78. The van der Waals surface area contributed by atoms with Gasteiger partial charge in [-0.2, -0.15) is 5.10 Å². The fourth-order valence-electron chi connectivity index (χ4n) is 3.45. The Bertz CT molecular complexity index is 1430. The first-order valence-corrected chi connectivity index (χ1v) is 12.4. The highest BCUT2D eigenvalue weighted by atomic mass is 32.2. The summed E-state index contributed by atoms with van der Waals surface area (Å²) in [7, 11) is -3.89. The molecule has 7 nitrogen and oxygen atoms in total. The molecule has 0 fully saturated rings. The molecule has 0 aliphatic rings. The minimum absolute atomic E-state index is 0.0722. The van der Waals surface area contributed by atoms with E-state index in [2.05, 4.69) is 19.8 Å². The van der Waals surface area contributed by atoms with Crippen molar-refractivity contribution in [2.75, 3.05) is 4.72 Å². The molecule has 34 heavy (non-hydrogen) atoms. The maximum Gasteiger partial charge on any atom is 0.261 e. The number of nitrogens with one attached hydrogen (secondary N) is 1. The van der Waals surface area contributed by atoms with Gasteiger partial charge >= 0.3 is 0 Å². The molecule has 0 radical (unpaired) electrons. The van der Waals surface area contributed by atoms with Crippen LogP contribution in [0, 0.1) is 19.7 Å². The number of nitrogens with zero attached hydrogens (tertiary/aromatic N) is 4. The number of sulfonamides is 1. The predicted octanol–water partition coefficient (Wildman–Crippen LogP) is 5.07. The molecular formula is C25H26FN5O2S. The Labute approximate surface area is 198 Å². The van der Waals surface area contributed by atoms with E-state index in [0.29, 0.717) is 17.8 Å². The summed E-state index contributed by atoms with van der Waals surface area (Å²) in [5.41, 5.74) is 4.03. The zero-order valence-electron chi connectivity index (χ0n) is 19.4. The molecule has 4 aromatic rings. The number of aryl methyl sites for hydroxylation is 2. The second-order valence-corrected chi connectivity index (χ2v) is 10.2. The van der Waals surface area contributed by atoms with Crippen molar-refractivity contribution in [3.63, 3.8) is 0 Å². The first-order chi connectivity index (χ1) is 16.1. The SMILES string of the molecule is Cc1ccc(S(=O)(=O)Nc2ccc(Cc3ncc(C)c(-c4cnn(C(C)C)c4)n3)cc2F)cc1. The molecule has 0 unspecified atom stereocenters. The van der Waals surface area contributed by atoms with Gasteiger partial charge in [-0.1, -0.05) is 23.8 Å². The molecule has 2 heterocycles. The molecule has 0 bridgehead atoms. The number of hydrogen-bond donors (Lipinski definition) is 1. The van der Waals surface area contributed by atoms with Crippen LogP contribution in [0.5, 0.6) is 0 Å². The maximum atomic E-state index is 14.8. The lowest BCUT2D eigenvalue weighted by Crippen LogP contribution is -2.14. The minimum Gasteiger partial charge on any atom is -0.277 e. The molecule has 0 saturated heterocycles. The Balaban J connectivity index is 1.54. The number of benzene rings is 2. The molecule has 176 valence electrons. The van der Waals surface area contributed by atoms with Crippen molar-refractivity contribution in [1.29, 1.82) is 0 Å². The van der Waals surface area contributed by atoms with Crippen LogP contribution in [0.25, 0.3) is 11.3 Å². The molecule has 2 aromatic heterocycles. The Hall–Kier alpha value is -3.59. The first-order valence-electron chi connectivity index (χ1n) is 10.9. The van der Waals surface area contributed by atoms with E-state index in [1.165, 1.54) is 24.3 Å². The van der Waals surface area contributed by atoms with Crippen LogP contribution in [-0.2, 0) is 16.4 Å². The lowest BCUT2D eigenvalue weighted by molar-refractivity contribution is 0.532. The van der Waals surface area contributed by atoms with Crippen LogP contribution in [0.2, 0.25) is 0 Å². The lowest BCUT2D eigenvalue weighted by atomic mass is 10.1. The van der Waals surface area contributed by atoms with Crippen LogP contribution < -0.4 is 4.72 Å². The average molecular weight is 480 g/mol. The van der Waals surface area contributed by atoms with Crippen molar-refractivity contribution in [1.82, 2.24) is 19.7 Å². The highest BCUT2D eigenvalue weighted by Crippen LogP contribution is 2.24. The van der Waals surface area contributed by atoms with E-state index >= 15 is 0 Å². The Morgan fingerprint density at radius 3 is 2.44 bits per heavy atom. The summed E-state index contributed by atoms with van der Waals surface area (Å²) in [5.74, 6) is -0.135. The second-order valence-electron chi connectivity index (χ2n) is 8.53. The summed E-state index contributed by atoms with van der Waals surface area (Å²) in [6, 6.07) is 11.0. The van der Waals surface area contributed by atoms with Gasteiger partial charge in [0.25, 0.3) is 10.0 Å². The Morgan fingerprint density at radius 1 is 1.06 bits per heavy atom. The van der Waals surface area contributed by atoms with Crippen LogP contribution >= 0.6 is 0 Å². The van der Waals surface area contributed by atoms with Gasteiger partial charge < -0.3 is 0 Å². The number of aromatic nitrogens is 4. The smallest absolute Gasteiger partial charge is 0.261 e. The van der Waals surface area contributed by atoms with Gasteiger partial charge in [0.2, 0.25) is 0 Å². The highest BCUT2D eigenvalue weighted by Gasteiger charge is 2.17. The number of rotatable bonds is 7. The first kappa shape index (κ1) is 23.6. The van der Waals surface area contributed by atoms with Gasteiger partial charge in [0.05, 0.1) is 22.5 Å². The molecule has 0 amide bonds. The van der Waals surface area contributed by atoms with Crippen molar-refractivity contribution in [2.24, 2.45) is 0 Å². The molecule has 0 atom stereocenters. The average Bonchev–Trinajstić information content (AvgIpc) is 3.28. The zero-order chi connectivity index (χ0) is 24.5. The maximum absolute atomic E-state index is 14.8. The fraction of sp³-hybridized carbons (Fsp3) is 0.240. The van der Waals surface area contributed by atoms with E-state index < -0.39 is 15.8 Å². The van der Waals surface area contributed by atoms with Crippen LogP contribution in [-0.4, -0.2) is 28.2 Å². The summed E-state index contributed by atoms with van der Waals surface area (Å²) in [6.45, 7) is 7.89. The largest absolute Gasteiger partial charge is 0.277 e. The van der Waals surface area contributed by atoms with E-state index in [0.717, 1.165) is 22.4 Å². The summed E-state index contributed by atoms with van der Waals surface area (Å²) in [6.07, 6.45) is 5.75. The summed E-state index contributed by atoms with van der Waals surface area (Å²) >= 11 is 0. The van der Waals surface area contributed by atoms with E-state index in [1.807, 2.05) is 38.6 Å². The van der Waals surface area contributed by atoms with Gasteiger partial charge in [-0.15, -0.1) is 0 Å². The van der Waals surface area contributed by atoms with Gasteiger partial charge in [0.1, 0.15) is 11.6 Å². The highest BCUT2D eigenvalue weighted by molar-refractivity contribution is 7.92. The third kappa shape index (κ3) is 5.14. The van der Waals surface area contributed by atoms with E-state index in [9.17, 15) is 12.8 Å². The summed E-state index contributed by atoms with van der Waals surface area (Å²) < 4.78 is 44.1. The van der Waals surface area contributed by atoms with Gasteiger partial charge in [-0.3, -0.25) is 9.40 Å². The third-order valence-electron chi connectivity index (χ3n) is 5.40. The van der Waals surface area contributed by atoms with Crippen molar-refractivity contribution in [3.05, 3.63) is 89.4 Å². The van der Waals surface area contributed by atoms with Gasteiger partial charge in [-0.25, -0.2) is 22.8 Å². The second kappa shape index (κ2) is 9.34. The number of hydrogen-bond acceptors (Lipinski definition) is 5. The Morgan fingerprint density at radius 2 is 1.79 bits per heavy atom. The van der Waals surface area contributed by atoms with Crippen molar-refractivity contribution < 1.29 is 12.8 Å². The van der Waals surface area contributed by atoms with E-state index in [-0.39, 0.29) is 16.6 Å². The normalized spacial score (nSPS) is 11.7. The monoisotopic (exact) mass is 479 g/mol. The minimum atomic E-state index is -3.89. The summed E-state index contributed by atoms with van der Waals surface area (Å²) in [5, 5.41) is 4.37. The molecule has 0 aliphatic carbocycles. The van der Waals surface area contributed by atoms with Crippen LogP contribution in [0.3, 0.4) is 0 Å². The molecule has 0 saturated carbocycles. The molecule has 2 aromatic carbocycles. The molecule has 0 aliphatic heterocycles. The molecule has 9 heteroatoms. The van der Waals surface area contributed by atoms with Gasteiger partial charge in [-0.05, 0) is 63.1 Å². The van der Waals surface area contributed by atoms with Crippen LogP contribution in [0.15, 0.2) is 66.0 Å². The Kier molecular flexibility index (Phi) is 6.47. The number of anilines is 1. The lowest BCUT2D eigenvalue weighted by Gasteiger charge is -2.11.